The van der Waals surface area contributed by atoms with Crippen LogP contribution in [0.3, 0.4) is 0 Å². The molecule has 0 spiro atoms. The maximum absolute atomic E-state index is 5.59. The average Bonchev–Trinajstić information content (AvgIpc) is 1.84. The molecule has 0 amide bonds. The molecule has 9 heavy (non-hydrogen) atoms. The first kappa shape index (κ1) is 10.0. The maximum atomic E-state index is 5.59. The summed E-state index contributed by atoms with van der Waals surface area (Å²) in [6, 6.07) is 1.36. The Morgan fingerprint density at radius 2 is 2.00 bits per heavy atom. The number of hydrogen-bond donors (Lipinski definition) is 0. The summed E-state index contributed by atoms with van der Waals surface area (Å²) in [5.74, 6) is 0. The van der Waals surface area contributed by atoms with Crippen molar-refractivity contribution in [2.24, 2.45) is 0 Å². The molecule has 0 saturated carbocycles. The van der Waals surface area contributed by atoms with Crippen molar-refractivity contribution < 1.29 is 2.54 Å². The first-order valence-corrected chi connectivity index (χ1v) is 9.12. The van der Waals surface area contributed by atoms with E-state index in [2.05, 4.69) is 20.0 Å². The van der Waals surface area contributed by atoms with Gasteiger partial charge < -0.3 is 0 Å². The van der Waals surface area contributed by atoms with Crippen molar-refractivity contribution >= 4 is 33.1 Å². The minimum atomic E-state index is -1.10. The van der Waals surface area contributed by atoms with E-state index in [1.807, 2.05) is 0 Å². The van der Waals surface area contributed by atoms with Crippen LogP contribution in [0, 0.1) is 0 Å². The molecule has 3 heteroatoms. The van der Waals surface area contributed by atoms with E-state index >= 15 is 0 Å². The summed E-state index contributed by atoms with van der Waals surface area (Å²) < 4.78 is 5.59. The molecule has 0 aromatic rings. The fourth-order valence-corrected chi connectivity index (χ4v) is 3.86. The van der Waals surface area contributed by atoms with Crippen molar-refractivity contribution in [2.45, 2.75) is 38.9 Å². The van der Waals surface area contributed by atoms with Crippen LogP contribution in [-0.2, 0) is 2.54 Å². The predicted octanol–water partition coefficient (Wildman–Crippen LogP) is 1.56. The van der Waals surface area contributed by atoms with Crippen LogP contribution in [0.4, 0.5) is 0 Å². The zero-order valence-electron chi connectivity index (χ0n) is 7.03. The van der Waals surface area contributed by atoms with Crippen LogP contribution in [0.25, 0.3) is 0 Å². The molecular formula is C6H17InOSi. The second kappa shape index (κ2) is 4.80. The third kappa shape index (κ3) is 5.49. The minimum absolute atomic E-state index is 0.460. The molecule has 0 aliphatic heterocycles. The molecule has 0 atom stereocenters. The summed E-state index contributed by atoms with van der Waals surface area (Å²) in [6.45, 7) is 6.88. The Balaban J connectivity index is 3.33. The van der Waals surface area contributed by atoms with E-state index in [0.29, 0.717) is 24.8 Å². The van der Waals surface area contributed by atoms with Crippen molar-refractivity contribution in [2.75, 3.05) is 0 Å². The van der Waals surface area contributed by atoms with Gasteiger partial charge in [-0.3, -0.25) is 0 Å². The van der Waals surface area contributed by atoms with Crippen LogP contribution in [0.2, 0.25) is 19.1 Å². The SMILES string of the molecule is CCCC[Si](C)(C)[O][InH2]. The van der Waals surface area contributed by atoms with Gasteiger partial charge >= 0.3 is 74.6 Å². The molecule has 0 unspecified atom stereocenters. The average molecular weight is 248 g/mol. The van der Waals surface area contributed by atoms with Gasteiger partial charge in [0.15, 0.2) is 0 Å². The van der Waals surface area contributed by atoms with Gasteiger partial charge in [-0.05, 0) is 0 Å². The zero-order valence-corrected chi connectivity index (χ0v) is 13.7. The Hall–Kier alpha value is 1.05. The molecule has 0 N–H and O–H groups in total. The van der Waals surface area contributed by atoms with Crippen LogP contribution in [-0.4, -0.2) is 33.1 Å². The molecule has 0 heterocycles. The van der Waals surface area contributed by atoms with Crippen LogP contribution < -0.4 is 0 Å². The van der Waals surface area contributed by atoms with Crippen LogP contribution >= 0.6 is 0 Å². The van der Waals surface area contributed by atoms with Crippen molar-refractivity contribution in [1.82, 2.24) is 0 Å². The van der Waals surface area contributed by atoms with E-state index in [-0.39, 0.29) is 0 Å². The van der Waals surface area contributed by atoms with Gasteiger partial charge in [-0.25, -0.2) is 0 Å². The number of rotatable bonds is 4. The van der Waals surface area contributed by atoms with Gasteiger partial charge in [-0.2, -0.15) is 0 Å². The molecule has 0 aliphatic carbocycles. The summed E-state index contributed by atoms with van der Waals surface area (Å²) in [6.07, 6.45) is 2.67. The van der Waals surface area contributed by atoms with Crippen LogP contribution in [0.5, 0.6) is 0 Å². The standard InChI is InChI=1S/C6H15OSi.In.2H/c1-4-5-6-8(2,3)7;;;/h4-6H2,1-3H3;;;/q-1;+1;;. The predicted molar refractivity (Wildman–Crippen MR) is 46.8 cm³/mol. The Labute approximate surface area is 74.5 Å². The molecule has 0 aromatic heterocycles. The van der Waals surface area contributed by atoms with E-state index in [4.69, 9.17) is 2.54 Å². The van der Waals surface area contributed by atoms with E-state index in [1.54, 1.807) is 0 Å². The molecule has 0 rings (SSSR count). The zero-order chi connectivity index (χ0) is 7.33. The quantitative estimate of drug-likeness (QED) is 0.686. The number of hydrogen-bond acceptors (Lipinski definition) is 1. The van der Waals surface area contributed by atoms with E-state index < -0.39 is 8.32 Å². The molecule has 54 valence electrons. The van der Waals surface area contributed by atoms with E-state index in [9.17, 15) is 0 Å². The summed E-state index contributed by atoms with van der Waals surface area (Å²) in [5.41, 5.74) is 0. The van der Waals surface area contributed by atoms with Gasteiger partial charge in [0, 0.05) is 0 Å². The summed E-state index contributed by atoms with van der Waals surface area (Å²) >= 11 is 0.460. The van der Waals surface area contributed by atoms with Gasteiger partial charge in [0.25, 0.3) is 0 Å². The normalized spacial score (nSPS) is 11.9. The van der Waals surface area contributed by atoms with Gasteiger partial charge in [-0.1, -0.05) is 0 Å². The molecular weight excluding hydrogens is 231 g/mol. The molecule has 0 fully saturated rings. The summed E-state index contributed by atoms with van der Waals surface area (Å²) in [4.78, 5) is 0. The Morgan fingerprint density at radius 3 is 2.33 bits per heavy atom. The van der Waals surface area contributed by atoms with Gasteiger partial charge in [-0.15, -0.1) is 0 Å². The second-order valence-corrected chi connectivity index (χ2v) is 11.0. The van der Waals surface area contributed by atoms with Crippen molar-refractivity contribution in [1.29, 1.82) is 0 Å². The first-order chi connectivity index (χ1) is 4.12. The fourth-order valence-electron chi connectivity index (χ4n) is 0.705. The Morgan fingerprint density at radius 1 is 1.44 bits per heavy atom. The Kier molecular flexibility index (Phi) is 5.36. The van der Waals surface area contributed by atoms with E-state index in [1.165, 1.54) is 18.9 Å². The van der Waals surface area contributed by atoms with Gasteiger partial charge in [0.05, 0.1) is 0 Å². The third-order valence-electron chi connectivity index (χ3n) is 1.68. The van der Waals surface area contributed by atoms with Crippen molar-refractivity contribution in [3.05, 3.63) is 0 Å². The molecule has 0 aliphatic rings. The molecule has 0 aromatic carbocycles. The first-order valence-electron chi connectivity index (χ1n) is 3.67. The fraction of sp³-hybridized carbons (Fsp3) is 1.00. The third-order valence-corrected chi connectivity index (χ3v) is 13.8. The summed E-state index contributed by atoms with van der Waals surface area (Å²) in [5, 5.41) is 0. The summed E-state index contributed by atoms with van der Waals surface area (Å²) in [7, 11) is -1.10. The second-order valence-electron chi connectivity index (χ2n) is 3.07. The van der Waals surface area contributed by atoms with Gasteiger partial charge in [0.1, 0.15) is 0 Å². The molecule has 0 saturated heterocycles. The Bertz CT molecular complexity index is 75.5. The topological polar surface area (TPSA) is 9.23 Å². The van der Waals surface area contributed by atoms with Crippen LogP contribution in [0.1, 0.15) is 19.8 Å². The molecule has 0 radical (unpaired) electrons. The van der Waals surface area contributed by atoms with Crippen LogP contribution in [0.15, 0.2) is 0 Å². The van der Waals surface area contributed by atoms with Crippen molar-refractivity contribution in [3.8, 4) is 0 Å². The molecule has 0 bridgehead atoms. The van der Waals surface area contributed by atoms with E-state index in [0.717, 1.165) is 0 Å². The van der Waals surface area contributed by atoms with Crippen molar-refractivity contribution in [3.63, 3.8) is 0 Å². The number of unbranched alkanes of at least 4 members (excludes halogenated alkanes) is 1. The molecule has 1 nitrogen and oxygen atoms in total. The van der Waals surface area contributed by atoms with Gasteiger partial charge in [0.2, 0.25) is 0 Å². The monoisotopic (exact) mass is 248 g/mol.